The number of unbranched alkanes of at least 4 members (excludes halogenated alkanes) is 12. The van der Waals surface area contributed by atoms with Gasteiger partial charge in [-0.05, 0) is 19.4 Å². The number of amides is 1. The van der Waals surface area contributed by atoms with Gasteiger partial charge in [0.25, 0.3) is 0 Å². The molecule has 0 aliphatic carbocycles. The van der Waals surface area contributed by atoms with E-state index in [1.54, 1.807) is 11.9 Å². The molecule has 0 aromatic carbocycles. The SMILES string of the molecule is CCCCCCCCCC(=O)OCC(COC(=O)N(C)C1CN(CC)C1)OC(=O)CCCCCCCCC. The molecule has 1 aliphatic heterocycles. The first kappa shape index (κ1) is 34.2. The zero-order valence-electron chi connectivity index (χ0n) is 24.8. The van der Waals surface area contributed by atoms with E-state index in [-0.39, 0.29) is 31.2 Å². The molecule has 1 aliphatic rings. The molecule has 1 atom stereocenters. The Morgan fingerprint density at radius 2 is 1.18 bits per heavy atom. The van der Waals surface area contributed by atoms with Crippen molar-refractivity contribution in [2.75, 3.05) is 39.9 Å². The molecule has 8 nitrogen and oxygen atoms in total. The fraction of sp³-hybridized carbons (Fsp3) is 0.900. The minimum absolute atomic E-state index is 0.0951. The summed E-state index contributed by atoms with van der Waals surface area (Å²) < 4.78 is 16.4. The summed E-state index contributed by atoms with van der Waals surface area (Å²) in [7, 11) is 1.73. The van der Waals surface area contributed by atoms with Crippen LogP contribution in [0.25, 0.3) is 0 Å². The van der Waals surface area contributed by atoms with E-state index in [1.165, 1.54) is 51.4 Å². The summed E-state index contributed by atoms with van der Waals surface area (Å²) in [5.41, 5.74) is 0. The van der Waals surface area contributed by atoms with Crippen LogP contribution in [0.2, 0.25) is 0 Å². The fourth-order valence-electron chi connectivity index (χ4n) is 4.53. The Labute approximate surface area is 232 Å². The lowest BCUT2D eigenvalue weighted by Crippen LogP contribution is -2.59. The predicted octanol–water partition coefficient (Wildman–Crippen LogP) is 6.50. The molecule has 38 heavy (non-hydrogen) atoms. The van der Waals surface area contributed by atoms with Crippen LogP contribution in [0.4, 0.5) is 4.79 Å². The first-order valence-electron chi connectivity index (χ1n) is 15.4. The number of esters is 2. The van der Waals surface area contributed by atoms with Crippen molar-refractivity contribution in [1.82, 2.24) is 9.80 Å². The maximum atomic E-state index is 12.5. The number of hydrogen-bond donors (Lipinski definition) is 0. The van der Waals surface area contributed by atoms with Crippen LogP contribution in [0.3, 0.4) is 0 Å². The molecule has 1 heterocycles. The summed E-state index contributed by atoms with van der Waals surface area (Å²) in [4.78, 5) is 41.1. The van der Waals surface area contributed by atoms with E-state index >= 15 is 0 Å². The number of likely N-dealkylation sites (N-methyl/N-ethyl adjacent to an activating group) is 2. The van der Waals surface area contributed by atoms with Crippen molar-refractivity contribution in [3.63, 3.8) is 0 Å². The number of carbonyl (C=O) groups is 3. The zero-order valence-corrected chi connectivity index (χ0v) is 24.8. The van der Waals surface area contributed by atoms with E-state index < -0.39 is 12.2 Å². The second kappa shape index (κ2) is 22.0. The Kier molecular flexibility index (Phi) is 19.8. The van der Waals surface area contributed by atoms with Gasteiger partial charge in [-0.25, -0.2) is 4.79 Å². The molecule has 0 aromatic rings. The topological polar surface area (TPSA) is 85.4 Å². The van der Waals surface area contributed by atoms with E-state index in [9.17, 15) is 14.4 Å². The minimum Gasteiger partial charge on any atom is -0.462 e. The number of nitrogens with zero attached hydrogens (tertiary/aromatic N) is 2. The molecular formula is C30H56N2O6. The molecule has 1 saturated heterocycles. The molecule has 8 heteroatoms. The lowest BCUT2D eigenvalue weighted by molar-refractivity contribution is -0.161. The normalized spacial score (nSPS) is 14.5. The summed E-state index contributed by atoms with van der Waals surface area (Å²) in [5.74, 6) is -0.641. The van der Waals surface area contributed by atoms with Crippen molar-refractivity contribution in [2.24, 2.45) is 0 Å². The zero-order chi connectivity index (χ0) is 28.0. The van der Waals surface area contributed by atoms with E-state index in [4.69, 9.17) is 14.2 Å². The number of carbonyl (C=O) groups excluding carboxylic acids is 3. The quantitative estimate of drug-likeness (QED) is 0.0831. The maximum absolute atomic E-state index is 12.5. The lowest BCUT2D eigenvalue weighted by atomic mass is 10.1. The van der Waals surface area contributed by atoms with Gasteiger partial charge in [0.15, 0.2) is 6.10 Å². The molecule has 0 aromatic heterocycles. The molecule has 0 radical (unpaired) electrons. The summed E-state index contributed by atoms with van der Waals surface area (Å²) in [5, 5.41) is 0. The summed E-state index contributed by atoms with van der Waals surface area (Å²) in [6.45, 7) is 8.88. The van der Waals surface area contributed by atoms with E-state index in [0.29, 0.717) is 12.8 Å². The van der Waals surface area contributed by atoms with Gasteiger partial charge >= 0.3 is 18.0 Å². The fourth-order valence-corrected chi connectivity index (χ4v) is 4.53. The Bertz CT molecular complexity index is 638. The molecule has 0 spiro atoms. The molecule has 1 unspecified atom stereocenters. The second-order valence-electron chi connectivity index (χ2n) is 10.7. The largest absolute Gasteiger partial charge is 0.462 e. The Balaban J connectivity index is 2.41. The summed E-state index contributed by atoms with van der Waals surface area (Å²) in [6.07, 6.45) is 15.1. The second-order valence-corrected chi connectivity index (χ2v) is 10.7. The molecule has 0 bridgehead atoms. The average Bonchev–Trinajstić information content (AvgIpc) is 2.88. The Hall–Kier alpha value is -1.83. The van der Waals surface area contributed by atoms with Crippen molar-refractivity contribution in [3.05, 3.63) is 0 Å². The predicted molar refractivity (Wildman–Crippen MR) is 151 cm³/mol. The van der Waals surface area contributed by atoms with Gasteiger partial charge in [0.05, 0.1) is 6.04 Å². The van der Waals surface area contributed by atoms with Gasteiger partial charge in [-0.15, -0.1) is 0 Å². The van der Waals surface area contributed by atoms with Crippen LogP contribution < -0.4 is 0 Å². The molecule has 0 N–H and O–H groups in total. The van der Waals surface area contributed by atoms with E-state index in [0.717, 1.165) is 58.2 Å². The average molecular weight is 541 g/mol. The summed E-state index contributed by atoms with van der Waals surface area (Å²) in [6, 6.07) is 0.126. The lowest BCUT2D eigenvalue weighted by Gasteiger charge is -2.42. The van der Waals surface area contributed by atoms with Gasteiger partial charge in [-0.1, -0.05) is 97.8 Å². The highest BCUT2D eigenvalue weighted by molar-refractivity contribution is 5.70. The van der Waals surface area contributed by atoms with Gasteiger partial charge in [-0.2, -0.15) is 0 Å². The smallest absolute Gasteiger partial charge is 0.409 e. The first-order valence-corrected chi connectivity index (χ1v) is 15.4. The number of hydrogen-bond acceptors (Lipinski definition) is 7. The molecule has 222 valence electrons. The van der Waals surface area contributed by atoms with Crippen LogP contribution in [0.15, 0.2) is 0 Å². The van der Waals surface area contributed by atoms with Crippen LogP contribution in [0.1, 0.15) is 124 Å². The van der Waals surface area contributed by atoms with Gasteiger partial charge in [-0.3, -0.25) is 14.5 Å². The maximum Gasteiger partial charge on any atom is 0.409 e. The third-order valence-corrected chi connectivity index (χ3v) is 7.31. The molecule has 1 rings (SSSR count). The van der Waals surface area contributed by atoms with Crippen LogP contribution in [-0.4, -0.2) is 79.9 Å². The van der Waals surface area contributed by atoms with Crippen molar-refractivity contribution in [1.29, 1.82) is 0 Å². The van der Waals surface area contributed by atoms with E-state index in [2.05, 4.69) is 25.7 Å². The highest BCUT2D eigenvalue weighted by Gasteiger charge is 2.32. The van der Waals surface area contributed by atoms with Crippen LogP contribution in [0, 0.1) is 0 Å². The highest BCUT2D eigenvalue weighted by Crippen LogP contribution is 2.15. The number of likely N-dealkylation sites (tertiary alicyclic amines) is 1. The van der Waals surface area contributed by atoms with Crippen molar-refractivity contribution >= 4 is 18.0 Å². The Morgan fingerprint density at radius 3 is 1.71 bits per heavy atom. The third-order valence-electron chi connectivity index (χ3n) is 7.31. The van der Waals surface area contributed by atoms with Gasteiger partial charge in [0, 0.05) is 33.0 Å². The molecule has 1 amide bonds. The molecular weight excluding hydrogens is 484 g/mol. The Morgan fingerprint density at radius 1 is 0.711 bits per heavy atom. The monoisotopic (exact) mass is 540 g/mol. The molecule has 0 saturated carbocycles. The van der Waals surface area contributed by atoms with Crippen LogP contribution in [0.5, 0.6) is 0 Å². The van der Waals surface area contributed by atoms with Crippen LogP contribution in [-0.2, 0) is 23.8 Å². The highest BCUT2D eigenvalue weighted by atomic mass is 16.6. The molecule has 1 fully saturated rings. The van der Waals surface area contributed by atoms with Crippen molar-refractivity contribution < 1.29 is 28.6 Å². The minimum atomic E-state index is -0.795. The summed E-state index contributed by atoms with van der Waals surface area (Å²) >= 11 is 0. The first-order chi connectivity index (χ1) is 18.4. The third kappa shape index (κ3) is 16.2. The van der Waals surface area contributed by atoms with Crippen molar-refractivity contribution in [3.8, 4) is 0 Å². The number of ether oxygens (including phenoxy) is 3. The van der Waals surface area contributed by atoms with Gasteiger partial charge < -0.3 is 19.1 Å². The van der Waals surface area contributed by atoms with E-state index in [1.807, 2.05) is 0 Å². The van der Waals surface area contributed by atoms with Crippen molar-refractivity contribution in [2.45, 2.75) is 136 Å². The van der Waals surface area contributed by atoms with Crippen LogP contribution >= 0.6 is 0 Å². The van der Waals surface area contributed by atoms with Gasteiger partial charge in [0.2, 0.25) is 0 Å². The number of rotatable bonds is 23. The van der Waals surface area contributed by atoms with Gasteiger partial charge in [0.1, 0.15) is 13.2 Å². The standard InChI is InChI=1S/C30H56N2O6/c1-5-8-10-12-14-16-18-20-28(33)36-24-27(38-29(34)21-19-17-15-13-11-9-6-2)25-37-30(35)31(4)26-22-32(7-3)23-26/h26-27H,5-25H2,1-4H3.